The van der Waals surface area contributed by atoms with Crippen molar-refractivity contribution in [2.45, 2.75) is 77.0 Å². The number of hydrogen-bond donors (Lipinski definition) is 0. The number of pyridine rings is 1. The SMILES string of the molecule is CN(CC12CC3CC(CC(C3)C1)C2)C(=O)c1cccc(C(=O)N(C)CC23CC4CC(CC(C4)C2)C3)n1. The van der Waals surface area contributed by atoms with E-state index in [4.69, 9.17) is 0 Å². The lowest BCUT2D eigenvalue weighted by molar-refractivity contribution is -0.0630. The Balaban J connectivity index is 1.03. The van der Waals surface area contributed by atoms with Crippen LogP contribution >= 0.6 is 0 Å². The quantitative estimate of drug-likeness (QED) is 0.518. The molecule has 8 fully saturated rings. The van der Waals surface area contributed by atoms with Gasteiger partial charge in [0.2, 0.25) is 0 Å². The molecule has 9 rings (SSSR count). The summed E-state index contributed by atoms with van der Waals surface area (Å²) in [5.41, 5.74) is 1.45. The van der Waals surface area contributed by atoms with Gasteiger partial charge in [0.1, 0.15) is 11.4 Å². The summed E-state index contributed by atoms with van der Waals surface area (Å²) in [6.07, 6.45) is 16.2. The molecule has 1 aromatic heterocycles. The van der Waals surface area contributed by atoms with Crippen LogP contribution in [-0.4, -0.2) is 53.8 Å². The molecule has 2 amide bonds. The molecule has 0 atom stereocenters. The molecular formula is C31H43N3O2. The number of carbonyl (C=O) groups is 2. The molecule has 0 aliphatic heterocycles. The molecule has 0 radical (unpaired) electrons. The van der Waals surface area contributed by atoms with Crippen molar-refractivity contribution in [1.82, 2.24) is 14.8 Å². The average Bonchev–Trinajstić information content (AvgIpc) is 2.80. The third kappa shape index (κ3) is 4.00. The van der Waals surface area contributed by atoms with Gasteiger partial charge in [-0.1, -0.05) is 6.07 Å². The summed E-state index contributed by atoms with van der Waals surface area (Å²) in [5.74, 6) is 5.19. The van der Waals surface area contributed by atoms with Crippen LogP contribution in [0.15, 0.2) is 18.2 Å². The second-order valence-corrected chi connectivity index (χ2v) is 14.6. The minimum Gasteiger partial charge on any atom is -0.340 e. The van der Waals surface area contributed by atoms with Gasteiger partial charge < -0.3 is 9.80 Å². The van der Waals surface area contributed by atoms with E-state index in [9.17, 15) is 9.59 Å². The van der Waals surface area contributed by atoms with E-state index in [0.717, 1.165) is 48.6 Å². The smallest absolute Gasteiger partial charge is 0.272 e. The molecule has 8 aliphatic carbocycles. The second-order valence-electron chi connectivity index (χ2n) is 14.6. The molecular weight excluding hydrogens is 446 g/mol. The summed E-state index contributed by atoms with van der Waals surface area (Å²) in [7, 11) is 3.88. The number of aromatic nitrogens is 1. The Labute approximate surface area is 216 Å². The topological polar surface area (TPSA) is 53.5 Å². The molecule has 8 saturated carbocycles. The van der Waals surface area contributed by atoms with Crippen molar-refractivity contribution in [1.29, 1.82) is 0 Å². The van der Waals surface area contributed by atoms with Gasteiger partial charge in [0.15, 0.2) is 0 Å². The van der Waals surface area contributed by atoms with Crippen LogP contribution in [-0.2, 0) is 0 Å². The summed E-state index contributed by atoms with van der Waals surface area (Å²) in [4.78, 5) is 35.3. The molecule has 8 aliphatic rings. The highest BCUT2D eigenvalue weighted by molar-refractivity contribution is 5.96. The minimum atomic E-state index is -0.0378. The van der Waals surface area contributed by atoms with E-state index in [1.165, 1.54) is 77.0 Å². The van der Waals surface area contributed by atoms with Crippen molar-refractivity contribution < 1.29 is 9.59 Å². The molecule has 0 unspecified atom stereocenters. The number of rotatable bonds is 6. The Morgan fingerprint density at radius 1 is 0.667 bits per heavy atom. The molecule has 5 heteroatoms. The standard InChI is InChI=1S/C31H43N3O2/c1-33(18-30-12-20-6-21(13-30)8-22(7-20)14-30)28(35)26-4-3-5-27(32-26)29(36)34(2)19-31-15-23-9-24(16-31)11-25(10-23)17-31/h3-5,20-25H,6-19H2,1-2H3. The minimum absolute atomic E-state index is 0.0378. The lowest BCUT2D eigenvalue weighted by Crippen LogP contribution is -2.51. The number of hydrogen-bond acceptors (Lipinski definition) is 3. The first-order chi connectivity index (χ1) is 17.3. The molecule has 8 bridgehead atoms. The first-order valence-electron chi connectivity index (χ1n) is 14.8. The fourth-order valence-electron chi connectivity index (χ4n) is 11.2. The number of carbonyl (C=O) groups excluding carboxylic acids is 2. The largest absolute Gasteiger partial charge is 0.340 e. The molecule has 0 N–H and O–H groups in total. The Bertz CT molecular complexity index is 914. The van der Waals surface area contributed by atoms with Crippen molar-refractivity contribution in [3.8, 4) is 0 Å². The lowest BCUT2D eigenvalue weighted by Gasteiger charge is -2.57. The highest BCUT2D eigenvalue weighted by Crippen LogP contribution is 2.61. The molecule has 0 spiro atoms. The number of amides is 2. The van der Waals surface area contributed by atoms with Gasteiger partial charge in [-0.2, -0.15) is 0 Å². The summed E-state index contributed by atoms with van der Waals surface area (Å²) >= 11 is 0. The van der Waals surface area contributed by atoms with Crippen molar-refractivity contribution in [2.75, 3.05) is 27.2 Å². The van der Waals surface area contributed by atoms with Crippen LogP contribution in [0.1, 0.15) is 98.0 Å². The average molecular weight is 490 g/mol. The van der Waals surface area contributed by atoms with Gasteiger partial charge in [-0.3, -0.25) is 9.59 Å². The van der Waals surface area contributed by atoms with Crippen LogP contribution in [0.5, 0.6) is 0 Å². The van der Waals surface area contributed by atoms with E-state index < -0.39 is 0 Å². The van der Waals surface area contributed by atoms with E-state index in [1.807, 2.05) is 30.0 Å². The fraction of sp³-hybridized carbons (Fsp3) is 0.774. The first-order valence-corrected chi connectivity index (χ1v) is 14.8. The molecule has 5 nitrogen and oxygen atoms in total. The van der Waals surface area contributed by atoms with Crippen LogP contribution in [0.4, 0.5) is 0 Å². The molecule has 0 saturated heterocycles. The van der Waals surface area contributed by atoms with Crippen molar-refractivity contribution in [3.63, 3.8) is 0 Å². The van der Waals surface area contributed by atoms with Crippen LogP contribution in [0.25, 0.3) is 0 Å². The Morgan fingerprint density at radius 3 is 1.28 bits per heavy atom. The van der Waals surface area contributed by atoms with Crippen LogP contribution in [0.2, 0.25) is 0 Å². The van der Waals surface area contributed by atoms with Crippen LogP contribution in [0.3, 0.4) is 0 Å². The number of nitrogens with zero attached hydrogens (tertiary/aromatic N) is 3. The van der Waals surface area contributed by atoms with Gasteiger partial charge in [0, 0.05) is 27.2 Å². The van der Waals surface area contributed by atoms with Crippen molar-refractivity contribution in [2.24, 2.45) is 46.3 Å². The molecule has 194 valence electrons. The first kappa shape index (κ1) is 23.2. The van der Waals surface area contributed by atoms with Gasteiger partial charge in [-0.15, -0.1) is 0 Å². The predicted octanol–water partition coefficient (Wildman–Crippen LogP) is 5.66. The summed E-state index contributed by atoms with van der Waals surface area (Å²) < 4.78 is 0. The maximum Gasteiger partial charge on any atom is 0.272 e. The van der Waals surface area contributed by atoms with Gasteiger partial charge in [-0.05, 0) is 136 Å². The van der Waals surface area contributed by atoms with Gasteiger partial charge in [-0.25, -0.2) is 4.98 Å². The highest BCUT2D eigenvalue weighted by atomic mass is 16.2. The molecule has 36 heavy (non-hydrogen) atoms. The van der Waals surface area contributed by atoms with Crippen LogP contribution in [0, 0.1) is 46.3 Å². The molecule has 1 aromatic rings. The normalized spacial score (nSPS) is 41.5. The zero-order valence-electron chi connectivity index (χ0n) is 22.3. The van der Waals surface area contributed by atoms with E-state index >= 15 is 0 Å². The summed E-state index contributed by atoms with van der Waals surface area (Å²) in [6.45, 7) is 1.67. The van der Waals surface area contributed by atoms with E-state index in [-0.39, 0.29) is 11.8 Å². The zero-order chi connectivity index (χ0) is 24.7. The lowest BCUT2D eigenvalue weighted by atomic mass is 9.49. The van der Waals surface area contributed by atoms with E-state index in [0.29, 0.717) is 22.2 Å². The Morgan fingerprint density at radius 2 is 0.972 bits per heavy atom. The van der Waals surface area contributed by atoms with Gasteiger partial charge in [0.25, 0.3) is 11.8 Å². The molecule has 0 aromatic carbocycles. The monoisotopic (exact) mass is 489 g/mol. The third-order valence-electron chi connectivity index (χ3n) is 11.4. The van der Waals surface area contributed by atoms with Gasteiger partial charge in [0.05, 0.1) is 0 Å². The van der Waals surface area contributed by atoms with Crippen molar-refractivity contribution in [3.05, 3.63) is 29.6 Å². The third-order valence-corrected chi connectivity index (χ3v) is 11.4. The zero-order valence-corrected chi connectivity index (χ0v) is 22.3. The highest BCUT2D eigenvalue weighted by Gasteiger charge is 2.52. The molecule has 1 heterocycles. The predicted molar refractivity (Wildman–Crippen MR) is 139 cm³/mol. The van der Waals surface area contributed by atoms with Crippen LogP contribution < -0.4 is 0 Å². The fourth-order valence-corrected chi connectivity index (χ4v) is 11.2. The Kier molecular flexibility index (Phi) is 5.35. The maximum absolute atomic E-state index is 13.5. The Hall–Kier alpha value is -1.91. The van der Waals surface area contributed by atoms with Gasteiger partial charge >= 0.3 is 0 Å². The maximum atomic E-state index is 13.5. The van der Waals surface area contributed by atoms with E-state index in [2.05, 4.69) is 4.98 Å². The van der Waals surface area contributed by atoms with E-state index in [1.54, 1.807) is 12.1 Å². The summed E-state index contributed by atoms with van der Waals surface area (Å²) in [6, 6.07) is 5.41. The summed E-state index contributed by atoms with van der Waals surface area (Å²) in [5, 5.41) is 0. The van der Waals surface area contributed by atoms with Crippen molar-refractivity contribution >= 4 is 11.8 Å². The second kappa shape index (κ2) is 8.30.